The fourth-order valence-electron chi connectivity index (χ4n) is 6.58. The molecule has 288 valence electrons. The summed E-state index contributed by atoms with van der Waals surface area (Å²) in [6, 6.07) is 32.9. The van der Waals surface area contributed by atoms with Gasteiger partial charge in [0.05, 0.1) is 6.04 Å². The first-order valence-corrected chi connectivity index (χ1v) is 18.2. The molecule has 4 N–H and O–H groups in total. The lowest BCUT2D eigenvalue weighted by molar-refractivity contribution is -0.287. The Balaban J connectivity index is 1.15. The average Bonchev–Trinajstić information content (AvgIpc) is 3.34. The molecule has 2 heterocycles. The van der Waals surface area contributed by atoms with Crippen LogP contribution in [0.3, 0.4) is 0 Å². The number of nitrogens with one attached hydrogen (secondary N) is 1. The van der Waals surface area contributed by atoms with Crippen LogP contribution in [-0.4, -0.2) is 88.5 Å². The molecule has 7 atom stereocenters. The Kier molecular flexibility index (Phi) is 13.4. The van der Waals surface area contributed by atoms with Gasteiger partial charge in [0, 0.05) is 5.69 Å². The first-order valence-electron chi connectivity index (χ1n) is 18.2. The number of hydrogen-bond donors (Lipinski definition) is 4. The molecule has 2 aliphatic heterocycles. The van der Waals surface area contributed by atoms with Crippen molar-refractivity contribution in [3.8, 4) is 0 Å². The molecule has 1 amide bonds. The third-order valence-corrected chi connectivity index (χ3v) is 9.58. The van der Waals surface area contributed by atoms with Gasteiger partial charge in [-0.05, 0) is 54.0 Å². The summed E-state index contributed by atoms with van der Waals surface area (Å²) in [5.41, 5.74) is 3.70. The molecule has 13 nitrogen and oxygen atoms in total. The van der Waals surface area contributed by atoms with E-state index < -0.39 is 73.1 Å². The number of esters is 3. The Hall–Kier alpha value is -5.44. The van der Waals surface area contributed by atoms with Crippen LogP contribution in [0.4, 0.5) is 5.69 Å². The number of hydrogen-bond acceptors (Lipinski definition) is 12. The molecule has 0 bridgehead atoms. The minimum absolute atomic E-state index is 0.0532. The number of nitrogens with zero attached hydrogens (tertiary/aromatic N) is 1. The molecule has 1 saturated heterocycles. The van der Waals surface area contributed by atoms with Crippen molar-refractivity contribution in [2.45, 2.75) is 81.7 Å². The van der Waals surface area contributed by atoms with Crippen molar-refractivity contribution in [1.29, 1.82) is 0 Å². The monoisotopic (exact) mass is 752 g/mol. The maximum Gasteiger partial charge on any atom is 0.338 e. The Morgan fingerprint density at radius 1 is 0.745 bits per heavy atom. The number of fused-ring (bicyclic) bond motifs is 1. The zero-order valence-electron chi connectivity index (χ0n) is 30.0. The number of benzene rings is 4. The van der Waals surface area contributed by atoms with Gasteiger partial charge < -0.3 is 34.3 Å². The molecule has 0 aliphatic carbocycles. The molecule has 13 heteroatoms. The number of aryl methyl sites for hydroxylation is 2. The fourth-order valence-corrected chi connectivity index (χ4v) is 6.58. The van der Waals surface area contributed by atoms with Gasteiger partial charge in [-0.2, -0.15) is 0 Å². The van der Waals surface area contributed by atoms with E-state index in [4.69, 9.17) is 18.9 Å². The SMILES string of the molecule is O=C(CN1C(=O)[C@@H](N[C@H](CCc2ccccc2)C(=O)OCc2ccccc2)CCc2ccccc21)O[C@@H]1O[C@@H](C(=O)OCc2ccccc2)[C@@H](O)[C@@H](O)[C@H]1O. The van der Waals surface area contributed by atoms with Gasteiger partial charge in [-0.15, -0.1) is 0 Å². The lowest BCUT2D eigenvalue weighted by atomic mass is 9.99. The fraction of sp³-hybridized carbons (Fsp3) is 0.333. The molecule has 4 aromatic carbocycles. The van der Waals surface area contributed by atoms with Crippen LogP contribution in [0.5, 0.6) is 0 Å². The maximum atomic E-state index is 14.3. The van der Waals surface area contributed by atoms with Crippen LogP contribution in [0.25, 0.3) is 0 Å². The summed E-state index contributed by atoms with van der Waals surface area (Å²) in [5, 5.41) is 35.0. The number of aliphatic hydroxyl groups is 3. The molecule has 0 unspecified atom stereocenters. The molecule has 4 aromatic rings. The van der Waals surface area contributed by atoms with E-state index >= 15 is 0 Å². The van der Waals surface area contributed by atoms with Gasteiger partial charge in [0.25, 0.3) is 0 Å². The zero-order chi connectivity index (χ0) is 38.7. The zero-order valence-corrected chi connectivity index (χ0v) is 30.0. The molecule has 0 aromatic heterocycles. The Bertz CT molecular complexity index is 1900. The standard InChI is InChI=1S/C42H44N2O11/c45-34(54-42-37(48)35(46)36(47)38(55-42)41(51)53-26-29-16-8-3-9-17-29)24-44-33-19-11-10-18-30(33)21-23-31(39(44)49)43-32(22-20-27-12-4-1-5-13-27)40(50)52-25-28-14-6-2-7-15-28/h1-19,31-32,35-38,42-43,46-48H,20-26H2/t31-,32+,35+,36-,37+,38+,42+/m0/s1. The molecule has 6 rings (SSSR count). The predicted molar refractivity (Wildman–Crippen MR) is 198 cm³/mol. The number of anilines is 1. The van der Waals surface area contributed by atoms with E-state index in [1.54, 1.807) is 42.5 Å². The van der Waals surface area contributed by atoms with E-state index in [-0.39, 0.29) is 13.2 Å². The van der Waals surface area contributed by atoms with E-state index in [0.717, 1.165) is 16.7 Å². The highest BCUT2D eigenvalue weighted by molar-refractivity contribution is 6.02. The Morgan fingerprint density at radius 3 is 1.98 bits per heavy atom. The van der Waals surface area contributed by atoms with Crippen LogP contribution in [0.1, 0.15) is 35.1 Å². The minimum Gasteiger partial charge on any atom is -0.460 e. The first-order chi connectivity index (χ1) is 26.7. The highest BCUT2D eigenvalue weighted by Gasteiger charge is 2.49. The number of carbonyl (C=O) groups is 4. The number of ether oxygens (including phenoxy) is 4. The predicted octanol–water partition coefficient (Wildman–Crippen LogP) is 2.76. The second-order valence-electron chi connectivity index (χ2n) is 13.5. The number of para-hydroxylation sites is 1. The molecule has 0 spiro atoms. The highest BCUT2D eigenvalue weighted by Crippen LogP contribution is 2.29. The van der Waals surface area contributed by atoms with Gasteiger partial charge in [-0.25, -0.2) is 4.79 Å². The molecular formula is C42H44N2O11. The van der Waals surface area contributed by atoms with Gasteiger partial charge in [-0.1, -0.05) is 109 Å². The summed E-state index contributed by atoms with van der Waals surface area (Å²) in [7, 11) is 0. The summed E-state index contributed by atoms with van der Waals surface area (Å²) in [4.78, 5) is 55.5. The first kappa shape index (κ1) is 39.3. The number of rotatable bonds is 14. The van der Waals surface area contributed by atoms with E-state index in [1.807, 2.05) is 72.8 Å². The smallest absolute Gasteiger partial charge is 0.338 e. The van der Waals surface area contributed by atoms with Gasteiger partial charge in [0.2, 0.25) is 12.2 Å². The third-order valence-electron chi connectivity index (χ3n) is 9.58. The van der Waals surface area contributed by atoms with Gasteiger partial charge in [0.1, 0.15) is 44.1 Å². The van der Waals surface area contributed by atoms with Crippen molar-refractivity contribution in [1.82, 2.24) is 5.32 Å². The largest absolute Gasteiger partial charge is 0.460 e. The van der Waals surface area contributed by atoms with Crippen molar-refractivity contribution < 1.29 is 53.4 Å². The maximum absolute atomic E-state index is 14.3. The second kappa shape index (κ2) is 18.7. The summed E-state index contributed by atoms with van der Waals surface area (Å²) in [5.74, 6) is -3.11. The summed E-state index contributed by atoms with van der Waals surface area (Å²) < 4.78 is 21.9. The highest BCUT2D eigenvalue weighted by atomic mass is 16.7. The van der Waals surface area contributed by atoms with E-state index in [9.17, 15) is 34.5 Å². The van der Waals surface area contributed by atoms with Crippen LogP contribution in [-0.2, 0) is 64.2 Å². The summed E-state index contributed by atoms with van der Waals surface area (Å²) in [6.07, 6.45) is -7.80. The number of carbonyl (C=O) groups excluding carboxylic acids is 4. The van der Waals surface area contributed by atoms with Crippen LogP contribution in [0.15, 0.2) is 115 Å². The topological polar surface area (TPSA) is 181 Å². The van der Waals surface area contributed by atoms with Crippen molar-refractivity contribution >= 4 is 29.5 Å². The van der Waals surface area contributed by atoms with Crippen molar-refractivity contribution in [2.24, 2.45) is 0 Å². The Labute approximate surface area is 318 Å². The minimum atomic E-state index is -1.93. The van der Waals surface area contributed by atoms with E-state index in [2.05, 4.69) is 5.32 Å². The van der Waals surface area contributed by atoms with Crippen LogP contribution < -0.4 is 10.2 Å². The van der Waals surface area contributed by atoms with Crippen molar-refractivity contribution in [3.63, 3.8) is 0 Å². The summed E-state index contributed by atoms with van der Waals surface area (Å²) in [6.45, 7) is -0.744. The quantitative estimate of drug-likeness (QED) is 0.109. The lowest BCUT2D eigenvalue weighted by Gasteiger charge is -2.38. The van der Waals surface area contributed by atoms with Gasteiger partial charge >= 0.3 is 17.9 Å². The normalized spacial score (nSPS) is 22.8. The van der Waals surface area contributed by atoms with E-state index in [1.165, 1.54) is 4.90 Å². The molecule has 1 fully saturated rings. The third kappa shape index (κ3) is 10.2. The second-order valence-corrected chi connectivity index (χ2v) is 13.5. The molecule has 2 aliphatic rings. The van der Waals surface area contributed by atoms with Crippen LogP contribution in [0, 0.1) is 0 Å². The van der Waals surface area contributed by atoms with Crippen LogP contribution in [0.2, 0.25) is 0 Å². The molecule has 0 radical (unpaired) electrons. The number of amides is 1. The number of aliphatic hydroxyl groups excluding tert-OH is 3. The van der Waals surface area contributed by atoms with Gasteiger partial charge in [0.15, 0.2) is 6.10 Å². The molecular weight excluding hydrogens is 708 g/mol. The van der Waals surface area contributed by atoms with E-state index in [0.29, 0.717) is 36.9 Å². The van der Waals surface area contributed by atoms with Crippen molar-refractivity contribution in [2.75, 3.05) is 11.4 Å². The Morgan fingerprint density at radius 2 is 1.33 bits per heavy atom. The average molecular weight is 753 g/mol. The summed E-state index contributed by atoms with van der Waals surface area (Å²) >= 11 is 0. The van der Waals surface area contributed by atoms with Crippen LogP contribution >= 0.6 is 0 Å². The molecule has 55 heavy (non-hydrogen) atoms. The van der Waals surface area contributed by atoms with Gasteiger partial charge in [-0.3, -0.25) is 24.6 Å². The van der Waals surface area contributed by atoms with Crippen molar-refractivity contribution in [3.05, 3.63) is 138 Å². The lowest BCUT2D eigenvalue weighted by Crippen LogP contribution is -2.61. The molecule has 0 saturated carbocycles.